The van der Waals surface area contributed by atoms with Gasteiger partial charge in [-0.25, -0.2) is 4.79 Å². The van der Waals surface area contributed by atoms with Crippen molar-refractivity contribution in [3.63, 3.8) is 0 Å². The first-order valence-corrected chi connectivity index (χ1v) is 10.2. The normalized spacial score (nSPS) is 20.1. The fourth-order valence-corrected chi connectivity index (χ4v) is 4.57. The van der Waals surface area contributed by atoms with Gasteiger partial charge in [0.1, 0.15) is 35.6 Å². The monoisotopic (exact) mass is 453 g/mol. The molecule has 3 rings (SSSR count). The Balaban J connectivity index is 1.61. The summed E-state index contributed by atoms with van der Waals surface area (Å²) in [6.07, 6.45) is 1.16. The molecule has 1 fully saturated rings. The largest absolute Gasteiger partial charge is 0.477 e. The lowest BCUT2D eigenvalue weighted by Crippen LogP contribution is -2.70. The lowest BCUT2D eigenvalue weighted by molar-refractivity contribution is -0.385. The molecular weight excluding hydrogens is 434 g/mol. The van der Waals surface area contributed by atoms with Gasteiger partial charge in [-0.15, -0.1) is 11.8 Å². The van der Waals surface area contributed by atoms with E-state index in [-0.39, 0.29) is 42.4 Å². The number of carbonyl (C=O) groups excluding carboxylic acids is 3. The lowest BCUT2D eigenvalue weighted by Gasteiger charge is -2.49. The highest BCUT2D eigenvalue weighted by atomic mass is 32.2. The molecule has 166 valence electrons. The van der Waals surface area contributed by atoms with Gasteiger partial charge in [0.15, 0.2) is 0 Å². The van der Waals surface area contributed by atoms with Crippen LogP contribution in [0.4, 0.5) is 5.69 Å². The smallest absolute Gasteiger partial charge is 0.352 e. The zero-order valence-corrected chi connectivity index (χ0v) is 17.4. The summed E-state index contributed by atoms with van der Waals surface area (Å²) in [5.74, 6) is -2.70. The van der Waals surface area contributed by atoms with Crippen molar-refractivity contribution in [2.75, 3.05) is 12.4 Å². The first-order valence-electron chi connectivity index (χ1n) is 9.11. The number of aryl methyl sites for hydroxylation is 2. The van der Waals surface area contributed by atoms with Crippen LogP contribution >= 0.6 is 11.8 Å². The maximum atomic E-state index is 12.5. The Labute approximate surface area is 179 Å². The Hall–Kier alpha value is -3.42. The molecule has 2 atom stereocenters. The fraction of sp³-hybridized carbons (Fsp3) is 0.471. The molecule has 1 aromatic heterocycles. The van der Waals surface area contributed by atoms with Crippen LogP contribution in [0.15, 0.2) is 17.5 Å². The Kier molecular flexibility index (Phi) is 6.29. The summed E-state index contributed by atoms with van der Waals surface area (Å²) in [5, 5.41) is 26.3. The van der Waals surface area contributed by atoms with Crippen LogP contribution in [0.1, 0.15) is 19.0 Å². The second-order valence-electron chi connectivity index (χ2n) is 6.86. The van der Waals surface area contributed by atoms with Crippen molar-refractivity contribution in [2.45, 2.75) is 38.2 Å². The van der Waals surface area contributed by atoms with Crippen molar-refractivity contribution in [2.24, 2.45) is 0 Å². The minimum absolute atomic E-state index is 0.0707. The van der Waals surface area contributed by atoms with Crippen LogP contribution in [-0.4, -0.2) is 72.2 Å². The number of aromatic nitrogens is 2. The van der Waals surface area contributed by atoms with E-state index < -0.39 is 40.1 Å². The Bertz CT molecular complexity index is 1000. The quantitative estimate of drug-likeness (QED) is 0.232. The third-order valence-electron chi connectivity index (χ3n) is 4.70. The summed E-state index contributed by atoms with van der Waals surface area (Å²) >= 11 is 1.26. The van der Waals surface area contributed by atoms with E-state index in [0.717, 1.165) is 4.90 Å². The zero-order chi connectivity index (χ0) is 22.9. The number of hydrogen-bond donors (Lipinski definition) is 2. The molecule has 1 saturated heterocycles. The summed E-state index contributed by atoms with van der Waals surface area (Å²) in [7, 11) is 0. The van der Waals surface area contributed by atoms with Gasteiger partial charge in [-0.2, -0.15) is 5.10 Å². The third kappa shape index (κ3) is 4.52. The Morgan fingerprint density at radius 2 is 2.16 bits per heavy atom. The van der Waals surface area contributed by atoms with Crippen LogP contribution in [-0.2, 0) is 30.5 Å². The molecule has 0 unspecified atom stereocenters. The summed E-state index contributed by atoms with van der Waals surface area (Å²) in [5.41, 5.74) is 0.144. The van der Waals surface area contributed by atoms with Gasteiger partial charge < -0.3 is 15.2 Å². The first-order chi connectivity index (χ1) is 14.6. The number of nitrogens with one attached hydrogen (secondary N) is 1. The summed E-state index contributed by atoms with van der Waals surface area (Å²) in [6, 6.07) is -0.893. The average Bonchev–Trinajstić information content (AvgIpc) is 3.08. The number of carboxylic acids is 1. The van der Waals surface area contributed by atoms with E-state index in [9.17, 15) is 34.4 Å². The number of thioether (sulfide) groups is 1. The number of carboxylic acid groups (broad SMARTS) is 1. The van der Waals surface area contributed by atoms with Gasteiger partial charge in [-0.1, -0.05) is 0 Å². The maximum Gasteiger partial charge on any atom is 0.352 e. The summed E-state index contributed by atoms with van der Waals surface area (Å²) in [6.45, 7) is 2.53. The number of aliphatic carboxylic acids is 1. The van der Waals surface area contributed by atoms with Gasteiger partial charge >= 0.3 is 17.6 Å². The average molecular weight is 453 g/mol. The minimum atomic E-state index is -1.32. The van der Waals surface area contributed by atoms with Crippen molar-refractivity contribution in [3.8, 4) is 0 Å². The molecule has 0 aromatic carbocycles. The standard InChI is InChI=1S/C17H19N5O8S/c1-8-11(22(28)29)5-20(19-8)4-3-12(24)18-13-15(25)21-14(17(26)27)10(6-30-9(2)23)7-31-16(13)21/h5,13,16H,3-4,6-7H2,1-2H3,(H,18,24)(H,26,27)/t13-,16-/m1/s1. The van der Waals surface area contributed by atoms with E-state index in [1.807, 2.05) is 0 Å². The number of esters is 1. The molecule has 2 aliphatic heterocycles. The van der Waals surface area contributed by atoms with E-state index in [1.54, 1.807) is 0 Å². The molecule has 13 nitrogen and oxygen atoms in total. The second-order valence-corrected chi connectivity index (χ2v) is 7.97. The predicted octanol–water partition coefficient (Wildman–Crippen LogP) is -0.208. The molecule has 0 spiro atoms. The summed E-state index contributed by atoms with van der Waals surface area (Å²) < 4.78 is 6.14. The molecule has 2 aliphatic rings. The molecule has 0 aliphatic carbocycles. The van der Waals surface area contributed by atoms with Gasteiger partial charge in [-0.05, 0) is 6.92 Å². The first kappa shape index (κ1) is 22.3. The van der Waals surface area contributed by atoms with Crippen LogP contribution in [0, 0.1) is 17.0 Å². The number of rotatable bonds is 8. The van der Waals surface area contributed by atoms with Gasteiger partial charge in [0.25, 0.3) is 5.91 Å². The zero-order valence-electron chi connectivity index (χ0n) is 16.6. The number of amides is 2. The molecule has 1 aromatic rings. The number of carbonyl (C=O) groups is 4. The van der Waals surface area contributed by atoms with E-state index >= 15 is 0 Å². The number of nitro groups is 1. The summed E-state index contributed by atoms with van der Waals surface area (Å²) in [4.78, 5) is 58.9. The Morgan fingerprint density at radius 3 is 2.74 bits per heavy atom. The molecule has 0 bridgehead atoms. The van der Waals surface area contributed by atoms with Crippen LogP contribution in [0.5, 0.6) is 0 Å². The van der Waals surface area contributed by atoms with Crippen LogP contribution in [0.2, 0.25) is 0 Å². The van der Waals surface area contributed by atoms with Crippen LogP contribution in [0.3, 0.4) is 0 Å². The van der Waals surface area contributed by atoms with Gasteiger partial charge in [0, 0.05) is 31.2 Å². The molecule has 14 heteroatoms. The maximum absolute atomic E-state index is 12.5. The number of nitrogens with zero attached hydrogens (tertiary/aromatic N) is 4. The topological polar surface area (TPSA) is 174 Å². The molecular formula is C17H19N5O8S. The van der Waals surface area contributed by atoms with Crippen molar-refractivity contribution in [3.05, 3.63) is 33.3 Å². The van der Waals surface area contributed by atoms with Crippen LogP contribution in [0.25, 0.3) is 0 Å². The molecule has 31 heavy (non-hydrogen) atoms. The molecule has 2 amide bonds. The highest BCUT2D eigenvalue weighted by Crippen LogP contribution is 2.40. The number of hydrogen-bond acceptors (Lipinski definition) is 9. The molecule has 0 radical (unpaired) electrons. The van der Waals surface area contributed by atoms with Gasteiger partial charge in [0.2, 0.25) is 5.91 Å². The predicted molar refractivity (Wildman–Crippen MR) is 105 cm³/mol. The highest BCUT2D eigenvalue weighted by molar-refractivity contribution is 8.00. The van der Waals surface area contributed by atoms with Gasteiger partial charge in [-0.3, -0.25) is 34.1 Å². The number of fused-ring (bicyclic) bond motifs is 1. The molecule has 2 N–H and O–H groups in total. The van der Waals surface area contributed by atoms with Gasteiger partial charge in [0.05, 0.1) is 4.92 Å². The lowest BCUT2D eigenvalue weighted by atomic mass is 10.0. The van der Waals surface area contributed by atoms with E-state index in [2.05, 4.69) is 10.4 Å². The number of ether oxygens (including phenoxy) is 1. The highest BCUT2D eigenvalue weighted by Gasteiger charge is 2.54. The Morgan fingerprint density at radius 1 is 1.45 bits per heavy atom. The molecule has 3 heterocycles. The van der Waals surface area contributed by atoms with E-state index in [0.29, 0.717) is 5.57 Å². The van der Waals surface area contributed by atoms with Crippen molar-refractivity contribution < 1.29 is 33.9 Å². The minimum Gasteiger partial charge on any atom is -0.477 e. The van der Waals surface area contributed by atoms with E-state index in [4.69, 9.17) is 4.74 Å². The van der Waals surface area contributed by atoms with Crippen molar-refractivity contribution in [1.82, 2.24) is 20.0 Å². The van der Waals surface area contributed by atoms with Crippen LogP contribution < -0.4 is 5.32 Å². The SMILES string of the molecule is CC(=O)OCC1=C(C(=O)O)N2C(=O)[C@@H](NC(=O)CCn3cc([N+](=O)[O-])c(C)n3)[C@H]2SC1. The van der Waals surface area contributed by atoms with E-state index in [1.165, 1.54) is 36.5 Å². The number of β-lactam (4-membered cyclic amide) rings is 1. The van der Waals surface area contributed by atoms with Crippen molar-refractivity contribution in [1.29, 1.82) is 0 Å². The second kappa shape index (κ2) is 8.75. The van der Waals surface area contributed by atoms with Crippen molar-refractivity contribution >= 4 is 41.2 Å². The molecule has 0 saturated carbocycles. The third-order valence-corrected chi connectivity index (χ3v) is 6.04. The fourth-order valence-electron chi connectivity index (χ4n) is 3.25.